The van der Waals surface area contributed by atoms with E-state index in [-0.39, 0.29) is 0 Å². The molecule has 2 aliphatic rings. The van der Waals surface area contributed by atoms with Crippen molar-refractivity contribution in [1.29, 1.82) is 0 Å². The number of ether oxygens (including phenoxy) is 2. The van der Waals surface area contributed by atoms with E-state index >= 15 is 0 Å². The molecule has 2 rings (SSSR count). The summed E-state index contributed by atoms with van der Waals surface area (Å²) in [4.78, 5) is 4.70. The third-order valence-corrected chi connectivity index (χ3v) is 1.71. The van der Waals surface area contributed by atoms with Crippen LogP contribution in [0.15, 0.2) is 11.5 Å². The highest BCUT2D eigenvalue weighted by Gasteiger charge is 2.17. The number of hydrogen-bond donors (Lipinski definition) is 0. The van der Waals surface area contributed by atoms with Gasteiger partial charge in [0.25, 0.3) is 0 Å². The van der Waals surface area contributed by atoms with E-state index in [1.54, 1.807) is 5.80 Å². The summed E-state index contributed by atoms with van der Waals surface area (Å²) in [6, 6.07) is 0. The molecular weight excluding hydrogens is 155 g/mol. The highest BCUT2D eigenvalue weighted by molar-refractivity contribution is 7.33. The van der Waals surface area contributed by atoms with E-state index in [1.165, 1.54) is 0 Å². The van der Waals surface area contributed by atoms with Gasteiger partial charge in [-0.3, -0.25) is 0 Å². The molecule has 0 radical (unpaired) electrons. The van der Waals surface area contributed by atoms with Gasteiger partial charge in [-0.2, -0.15) is 4.67 Å². The minimum absolute atomic E-state index is 0.292. The van der Waals surface area contributed by atoms with Gasteiger partial charge in [0.1, 0.15) is 15.0 Å². The van der Waals surface area contributed by atoms with Gasteiger partial charge in [0.15, 0.2) is 11.5 Å². The number of rotatable bonds is 0. The van der Waals surface area contributed by atoms with Gasteiger partial charge in [-0.25, -0.2) is 4.89 Å². The lowest BCUT2D eigenvalue weighted by Gasteiger charge is -1.96. The first-order valence-corrected chi connectivity index (χ1v) is 3.66. The van der Waals surface area contributed by atoms with E-state index in [9.17, 15) is 0 Å². The van der Waals surface area contributed by atoms with Crippen molar-refractivity contribution in [2.45, 2.75) is 0 Å². The standard InChI is InChI=1S/C5H5O4P/c1-4-5(7-3-6-4)2-10-9-8-1/h2H,1,3H2. The largest absolute Gasteiger partial charge is 0.455 e. The van der Waals surface area contributed by atoms with Crippen molar-refractivity contribution in [3.05, 3.63) is 11.5 Å². The zero-order chi connectivity index (χ0) is 6.81. The Hall–Kier alpha value is -0.570. The van der Waals surface area contributed by atoms with Crippen molar-refractivity contribution >= 4 is 14.2 Å². The zero-order valence-corrected chi connectivity index (χ0v) is 5.97. The van der Waals surface area contributed by atoms with Crippen molar-refractivity contribution in [1.82, 2.24) is 0 Å². The van der Waals surface area contributed by atoms with E-state index in [1.807, 2.05) is 0 Å². The van der Waals surface area contributed by atoms with Crippen LogP contribution in [0, 0.1) is 0 Å². The Labute approximate surface area is 59.1 Å². The third kappa shape index (κ3) is 1.01. The molecule has 0 amide bonds. The first-order valence-electron chi connectivity index (χ1n) is 2.77. The Morgan fingerprint density at radius 1 is 1.40 bits per heavy atom. The van der Waals surface area contributed by atoms with Gasteiger partial charge >= 0.3 is 0 Å². The maximum atomic E-state index is 5.07. The lowest BCUT2D eigenvalue weighted by atomic mass is 10.4. The van der Waals surface area contributed by atoms with E-state index in [2.05, 4.69) is 4.67 Å². The van der Waals surface area contributed by atoms with Crippen LogP contribution in [-0.2, 0) is 19.0 Å². The molecule has 0 spiro atoms. The fourth-order valence-corrected chi connectivity index (χ4v) is 1.19. The van der Waals surface area contributed by atoms with Crippen LogP contribution in [0.1, 0.15) is 0 Å². The average Bonchev–Trinajstić information content (AvgIpc) is 2.28. The summed E-state index contributed by atoms with van der Waals surface area (Å²) in [5.74, 6) is 3.21. The van der Waals surface area contributed by atoms with Gasteiger partial charge in [0, 0.05) is 5.80 Å². The molecule has 5 heteroatoms. The summed E-state index contributed by atoms with van der Waals surface area (Å²) in [6.45, 7) is 0.624. The second-order valence-corrected chi connectivity index (χ2v) is 2.38. The van der Waals surface area contributed by atoms with Crippen LogP contribution in [0.5, 0.6) is 0 Å². The summed E-state index contributed by atoms with van der Waals surface area (Å²) in [7, 11) is 0.640. The van der Waals surface area contributed by atoms with Crippen LogP contribution in [0.25, 0.3) is 0 Å². The number of hydrogen-bond acceptors (Lipinski definition) is 4. The summed E-state index contributed by atoms with van der Waals surface area (Å²) in [5.41, 5.74) is 0. The van der Waals surface area contributed by atoms with Crippen LogP contribution in [0.3, 0.4) is 0 Å². The molecule has 0 aromatic heterocycles. The third-order valence-electron chi connectivity index (χ3n) is 1.18. The topological polar surface area (TPSA) is 36.9 Å². The van der Waals surface area contributed by atoms with Crippen LogP contribution in [-0.4, -0.2) is 19.2 Å². The van der Waals surface area contributed by atoms with Gasteiger partial charge < -0.3 is 9.47 Å². The second kappa shape index (κ2) is 2.58. The summed E-state index contributed by atoms with van der Waals surface area (Å²) in [6.07, 6.45) is 0. The molecule has 54 valence electrons. The molecule has 0 N–H and O–H groups in total. The maximum absolute atomic E-state index is 5.07. The fraction of sp³-hybridized carbons (Fsp3) is 0.400. The molecule has 0 aromatic rings. The van der Waals surface area contributed by atoms with Gasteiger partial charge in [0.05, 0.1) is 0 Å². The molecule has 0 aromatic carbocycles. The van der Waals surface area contributed by atoms with E-state index in [4.69, 9.17) is 14.4 Å². The molecule has 0 fully saturated rings. The lowest BCUT2D eigenvalue weighted by Crippen LogP contribution is -1.95. The Bertz CT molecular complexity index is 198. The first-order chi connectivity index (χ1) is 4.97. The van der Waals surface area contributed by atoms with Crippen LogP contribution >= 0.6 is 8.43 Å². The van der Waals surface area contributed by atoms with Crippen molar-refractivity contribution in [3.63, 3.8) is 0 Å². The molecule has 0 atom stereocenters. The van der Waals surface area contributed by atoms with Crippen LogP contribution in [0.2, 0.25) is 0 Å². The zero-order valence-electron chi connectivity index (χ0n) is 5.07. The van der Waals surface area contributed by atoms with Crippen molar-refractivity contribution < 1.29 is 19.0 Å². The molecule has 0 saturated heterocycles. The highest BCUT2D eigenvalue weighted by atomic mass is 31.1. The molecule has 0 saturated carbocycles. The lowest BCUT2D eigenvalue weighted by molar-refractivity contribution is -0.191. The highest BCUT2D eigenvalue weighted by Crippen LogP contribution is 2.20. The van der Waals surface area contributed by atoms with Gasteiger partial charge in [-0.15, -0.1) is 0 Å². The molecule has 4 nitrogen and oxygen atoms in total. The number of allylic oxidation sites excluding steroid dienone is 1. The van der Waals surface area contributed by atoms with Crippen LogP contribution < -0.4 is 0 Å². The Balaban J connectivity index is 2.22. The Morgan fingerprint density at radius 2 is 2.40 bits per heavy atom. The van der Waals surface area contributed by atoms with Crippen molar-refractivity contribution in [2.75, 3.05) is 13.4 Å². The summed E-state index contributed by atoms with van der Waals surface area (Å²) < 4.78 is 14.8. The maximum Gasteiger partial charge on any atom is 0.230 e. The molecule has 2 aliphatic heterocycles. The Morgan fingerprint density at radius 3 is 3.40 bits per heavy atom. The minimum atomic E-state index is 0.292. The van der Waals surface area contributed by atoms with Crippen LogP contribution in [0.4, 0.5) is 0 Å². The van der Waals surface area contributed by atoms with Gasteiger partial charge in [0.2, 0.25) is 6.79 Å². The summed E-state index contributed by atoms with van der Waals surface area (Å²) >= 11 is 0. The molecule has 0 unspecified atom stereocenters. The van der Waals surface area contributed by atoms with Crippen molar-refractivity contribution in [2.24, 2.45) is 0 Å². The smallest absolute Gasteiger partial charge is 0.230 e. The first kappa shape index (κ1) is 6.16. The molecule has 2 heterocycles. The quantitative estimate of drug-likeness (QED) is 0.388. The normalized spacial score (nSPS) is 24.8. The van der Waals surface area contributed by atoms with Gasteiger partial charge in [-0.1, -0.05) is 0 Å². The minimum Gasteiger partial charge on any atom is -0.455 e. The Kier molecular flexibility index (Phi) is 1.59. The molecule has 0 bridgehead atoms. The predicted octanol–water partition coefficient (Wildman–Crippen LogP) is 0.827. The fourth-order valence-electron chi connectivity index (χ4n) is 0.717. The SMILES string of the molecule is C1=POOCC2=C1OCO2. The summed E-state index contributed by atoms with van der Waals surface area (Å²) in [5, 5.41) is 0. The molecular formula is C5H5O4P. The second-order valence-electron chi connectivity index (χ2n) is 1.77. The van der Waals surface area contributed by atoms with Gasteiger partial charge in [-0.05, 0) is 0 Å². The molecule has 0 aliphatic carbocycles. The predicted molar refractivity (Wildman–Crippen MR) is 34.1 cm³/mol. The van der Waals surface area contributed by atoms with E-state index in [0.717, 1.165) is 5.76 Å². The van der Waals surface area contributed by atoms with E-state index in [0.29, 0.717) is 27.6 Å². The van der Waals surface area contributed by atoms with Crippen molar-refractivity contribution in [3.8, 4) is 0 Å². The van der Waals surface area contributed by atoms with E-state index < -0.39 is 0 Å². The monoisotopic (exact) mass is 160 g/mol. The average molecular weight is 160 g/mol. The molecule has 10 heavy (non-hydrogen) atoms.